The molecule has 1 N–H and O–H groups in total. The van der Waals surface area contributed by atoms with Gasteiger partial charge in [-0.15, -0.1) is 11.3 Å². The summed E-state index contributed by atoms with van der Waals surface area (Å²) in [5, 5.41) is 15.7. The number of non-ortho nitro benzene ring substituents is 1. The molecule has 1 aromatic carbocycles. The molecule has 1 fully saturated rings. The second kappa shape index (κ2) is 6.76. The maximum atomic E-state index is 12.3. The Balaban J connectivity index is 1.91. The van der Waals surface area contributed by atoms with Crippen molar-refractivity contribution < 1.29 is 14.5 Å². The first-order valence-corrected chi connectivity index (χ1v) is 7.99. The van der Waals surface area contributed by atoms with E-state index in [2.05, 4.69) is 5.32 Å². The van der Waals surface area contributed by atoms with Crippen LogP contribution in [-0.2, 0) is 4.74 Å². The number of anilines is 2. The van der Waals surface area contributed by atoms with Crippen LogP contribution in [-0.4, -0.2) is 37.1 Å². The van der Waals surface area contributed by atoms with E-state index in [0.29, 0.717) is 42.6 Å². The van der Waals surface area contributed by atoms with Crippen molar-refractivity contribution in [2.45, 2.75) is 0 Å². The Morgan fingerprint density at radius 1 is 1.30 bits per heavy atom. The Bertz CT molecular complexity index is 712. The van der Waals surface area contributed by atoms with Gasteiger partial charge in [0.2, 0.25) is 0 Å². The summed E-state index contributed by atoms with van der Waals surface area (Å²) < 4.78 is 5.32. The molecule has 2 aromatic rings. The Hall–Kier alpha value is -2.45. The van der Waals surface area contributed by atoms with Gasteiger partial charge >= 0.3 is 0 Å². The molecule has 1 aliphatic heterocycles. The standard InChI is InChI=1S/C15H15N3O4S/c19-15(14-2-1-9-23-14)16-12-4-3-11(18(20)21)10-13(12)17-5-7-22-8-6-17/h1-4,9-10H,5-8H2,(H,16,19). The van der Waals surface area contributed by atoms with Crippen LogP contribution in [0.5, 0.6) is 0 Å². The van der Waals surface area contributed by atoms with Crippen molar-refractivity contribution in [3.05, 3.63) is 50.7 Å². The zero-order valence-electron chi connectivity index (χ0n) is 12.2. The van der Waals surface area contributed by atoms with Crippen molar-refractivity contribution in [2.24, 2.45) is 0 Å². The first-order valence-electron chi connectivity index (χ1n) is 7.11. The van der Waals surface area contributed by atoms with E-state index in [1.165, 1.54) is 23.5 Å². The molecule has 2 heterocycles. The average molecular weight is 333 g/mol. The van der Waals surface area contributed by atoms with Crippen LogP contribution in [0.15, 0.2) is 35.7 Å². The van der Waals surface area contributed by atoms with Crippen LogP contribution < -0.4 is 10.2 Å². The van der Waals surface area contributed by atoms with Gasteiger partial charge < -0.3 is 15.0 Å². The van der Waals surface area contributed by atoms with Crippen molar-refractivity contribution >= 4 is 34.3 Å². The average Bonchev–Trinajstić information content (AvgIpc) is 3.10. The number of benzene rings is 1. The number of hydrogen-bond donors (Lipinski definition) is 1. The lowest BCUT2D eigenvalue weighted by Crippen LogP contribution is -2.36. The van der Waals surface area contributed by atoms with Crippen LogP contribution in [0.1, 0.15) is 9.67 Å². The summed E-state index contributed by atoms with van der Waals surface area (Å²) in [7, 11) is 0. The number of hydrogen-bond acceptors (Lipinski definition) is 6. The van der Waals surface area contributed by atoms with E-state index in [-0.39, 0.29) is 11.6 Å². The van der Waals surface area contributed by atoms with Crippen molar-refractivity contribution in [3.63, 3.8) is 0 Å². The number of rotatable bonds is 4. The molecule has 1 aliphatic rings. The largest absolute Gasteiger partial charge is 0.378 e. The van der Waals surface area contributed by atoms with Crippen molar-refractivity contribution in [1.29, 1.82) is 0 Å². The third-order valence-corrected chi connectivity index (χ3v) is 4.41. The monoisotopic (exact) mass is 333 g/mol. The van der Waals surface area contributed by atoms with Gasteiger partial charge in [-0.2, -0.15) is 0 Å². The van der Waals surface area contributed by atoms with Gasteiger partial charge in [-0.05, 0) is 17.5 Å². The van der Waals surface area contributed by atoms with Crippen molar-refractivity contribution in [2.75, 3.05) is 36.5 Å². The molecule has 0 unspecified atom stereocenters. The Morgan fingerprint density at radius 3 is 2.74 bits per heavy atom. The smallest absolute Gasteiger partial charge is 0.271 e. The zero-order valence-corrected chi connectivity index (χ0v) is 13.0. The number of amides is 1. The molecule has 1 amide bonds. The number of carbonyl (C=O) groups excluding carboxylic acids is 1. The molecule has 0 spiro atoms. The molecular weight excluding hydrogens is 318 g/mol. The van der Waals surface area contributed by atoms with E-state index in [9.17, 15) is 14.9 Å². The summed E-state index contributed by atoms with van der Waals surface area (Å²) >= 11 is 1.35. The van der Waals surface area contributed by atoms with E-state index < -0.39 is 4.92 Å². The number of carbonyl (C=O) groups is 1. The number of nitro benzene ring substituents is 1. The maximum absolute atomic E-state index is 12.3. The van der Waals surface area contributed by atoms with Crippen LogP contribution in [0.25, 0.3) is 0 Å². The fraction of sp³-hybridized carbons (Fsp3) is 0.267. The molecule has 0 aliphatic carbocycles. The summed E-state index contributed by atoms with van der Waals surface area (Å²) in [5.41, 5.74) is 1.21. The lowest BCUT2D eigenvalue weighted by atomic mass is 10.2. The topological polar surface area (TPSA) is 84.7 Å². The molecule has 8 heteroatoms. The van der Waals surface area contributed by atoms with Gasteiger partial charge in [-0.3, -0.25) is 14.9 Å². The fourth-order valence-electron chi connectivity index (χ4n) is 2.40. The number of nitro groups is 1. The third-order valence-electron chi connectivity index (χ3n) is 3.54. The van der Waals surface area contributed by atoms with Crippen LogP contribution in [0, 0.1) is 10.1 Å². The molecule has 1 saturated heterocycles. The number of nitrogens with zero attached hydrogens (tertiary/aromatic N) is 2. The van der Waals surface area contributed by atoms with Gasteiger partial charge in [0, 0.05) is 25.2 Å². The van der Waals surface area contributed by atoms with Gasteiger partial charge in [0.1, 0.15) is 0 Å². The second-order valence-electron chi connectivity index (χ2n) is 4.99. The van der Waals surface area contributed by atoms with Crippen LogP contribution in [0.2, 0.25) is 0 Å². The third kappa shape index (κ3) is 3.49. The lowest BCUT2D eigenvalue weighted by Gasteiger charge is -2.30. The van der Waals surface area contributed by atoms with Gasteiger partial charge in [-0.1, -0.05) is 6.07 Å². The van der Waals surface area contributed by atoms with Gasteiger partial charge in [0.05, 0.1) is 34.4 Å². The minimum Gasteiger partial charge on any atom is -0.378 e. The zero-order chi connectivity index (χ0) is 16.2. The van der Waals surface area contributed by atoms with Crippen LogP contribution >= 0.6 is 11.3 Å². The fourth-order valence-corrected chi connectivity index (χ4v) is 3.02. The summed E-state index contributed by atoms with van der Waals surface area (Å²) in [6.45, 7) is 2.37. The first kappa shape index (κ1) is 15.4. The highest BCUT2D eigenvalue weighted by atomic mass is 32.1. The minimum atomic E-state index is -0.436. The highest BCUT2D eigenvalue weighted by Crippen LogP contribution is 2.31. The van der Waals surface area contributed by atoms with E-state index >= 15 is 0 Å². The molecule has 0 radical (unpaired) electrons. The normalized spacial score (nSPS) is 14.5. The predicted molar refractivity (Wildman–Crippen MR) is 88.4 cm³/mol. The number of thiophene rings is 1. The van der Waals surface area contributed by atoms with E-state index in [1.807, 2.05) is 10.3 Å². The highest BCUT2D eigenvalue weighted by molar-refractivity contribution is 7.12. The van der Waals surface area contributed by atoms with Crippen molar-refractivity contribution in [3.8, 4) is 0 Å². The summed E-state index contributed by atoms with van der Waals surface area (Å²) in [6.07, 6.45) is 0. The van der Waals surface area contributed by atoms with Crippen LogP contribution in [0.3, 0.4) is 0 Å². The molecule has 0 saturated carbocycles. The Kier molecular flexibility index (Phi) is 4.54. The number of nitrogens with one attached hydrogen (secondary N) is 1. The molecule has 0 bridgehead atoms. The van der Waals surface area contributed by atoms with Gasteiger partial charge in [0.25, 0.3) is 11.6 Å². The second-order valence-corrected chi connectivity index (χ2v) is 5.94. The highest BCUT2D eigenvalue weighted by Gasteiger charge is 2.20. The van der Waals surface area contributed by atoms with Crippen LogP contribution in [0.4, 0.5) is 17.1 Å². The molecule has 0 atom stereocenters. The Labute approximate surface area is 136 Å². The van der Waals surface area contributed by atoms with E-state index in [4.69, 9.17) is 4.74 Å². The molecule has 3 rings (SSSR count). The quantitative estimate of drug-likeness (QED) is 0.687. The Morgan fingerprint density at radius 2 is 2.09 bits per heavy atom. The molecule has 1 aromatic heterocycles. The number of morpholine rings is 1. The summed E-state index contributed by atoms with van der Waals surface area (Å²) in [5.74, 6) is -0.219. The summed E-state index contributed by atoms with van der Waals surface area (Å²) in [6, 6.07) is 8.01. The SMILES string of the molecule is O=C(Nc1ccc([N+](=O)[O-])cc1N1CCOCC1)c1cccs1. The van der Waals surface area contributed by atoms with Gasteiger partial charge in [0.15, 0.2) is 0 Å². The lowest BCUT2D eigenvalue weighted by molar-refractivity contribution is -0.384. The van der Waals surface area contributed by atoms with Gasteiger partial charge in [-0.25, -0.2) is 0 Å². The maximum Gasteiger partial charge on any atom is 0.271 e. The van der Waals surface area contributed by atoms with E-state index in [1.54, 1.807) is 18.2 Å². The van der Waals surface area contributed by atoms with Crippen molar-refractivity contribution in [1.82, 2.24) is 0 Å². The predicted octanol–water partition coefficient (Wildman–Crippen LogP) is 2.75. The molecular formula is C15H15N3O4S. The molecule has 7 nitrogen and oxygen atoms in total. The summed E-state index contributed by atoms with van der Waals surface area (Å²) in [4.78, 5) is 25.4. The molecule has 120 valence electrons. The van der Waals surface area contributed by atoms with E-state index in [0.717, 1.165) is 0 Å². The first-order chi connectivity index (χ1) is 11.1. The minimum absolute atomic E-state index is 0.000569. The number of ether oxygens (including phenoxy) is 1. The molecule has 23 heavy (non-hydrogen) atoms.